The van der Waals surface area contributed by atoms with Gasteiger partial charge < -0.3 is 21.1 Å². The van der Waals surface area contributed by atoms with Crippen molar-refractivity contribution in [1.29, 1.82) is 0 Å². The van der Waals surface area contributed by atoms with Crippen molar-refractivity contribution in [2.75, 3.05) is 19.6 Å². The summed E-state index contributed by atoms with van der Waals surface area (Å²) in [7, 11) is 0. The maximum absolute atomic E-state index is 12.0. The highest BCUT2D eigenvalue weighted by atomic mass is 16.4. The number of aromatic carboxylic acids is 1. The molecule has 0 saturated carbocycles. The summed E-state index contributed by atoms with van der Waals surface area (Å²) in [5.74, 6) is -1.54. The highest BCUT2D eigenvalue weighted by Crippen LogP contribution is 2.22. The van der Waals surface area contributed by atoms with Crippen molar-refractivity contribution in [2.24, 2.45) is 5.73 Å². The van der Waals surface area contributed by atoms with E-state index in [0.717, 1.165) is 11.1 Å². The van der Waals surface area contributed by atoms with E-state index in [-0.39, 0.29) is 30.5 Å². The molecule has 112 valence electrons. The van der Waals surface area contributed by atoms with E-state index in [1.54, 1.807) is 17.0 Å². The molecule has 7 nitrogen and oxygen atoms in total. The minimum Gasteiger partial charge on any atom is -0.478 e. The summed E-state index contributed by atoms with van der Waals surface area (Å²) in [5, 5.41) is 11.6. The number of rotatable bonds is 4. The van der Waals surface area contributed by atoms with Crippen molar-refractivity contribution < 1.29 is 19.5 Å². The zero-order chi connectivity index (χ0) is 15.4. The Kier molecular flexibility index (Phi) is 4.54. The molecule has 1 aromatic rings. The molecule has 21 heavy (non-hydrogen) atoms. The van der Waals surface area contributed by atoms with Gasteiger partial charge in [0.25, 0.3) is 0 Å². The first-order chi connectivity index (χ1) is 10.0. The van der Waals surface area contributed by atoms with E-state index in [2.05, 4.69) is 5.32 Å². The molecule has 0 spiro atoms. The van der Waals surface area contributed by atoms with Gasteiger partial charge in [0.1, 0.15) is 0 Å². The lowest BCUT2D eigenvalue weighted by molar-refractivity contribution is -0.133. The number of fused-ring (bicyclic) bond motifs is 1. The standard InChI is InChI=1S/C14H17N3O4/c15-6-12(18)16-7-13(19)17-5-4-10-9(8-17)2-1-3-11(10)14(20)21/h1-3H,4-8,15H2,(H,16,18)(H,20,21). The summed E-state index contributed by atoms with van der Waals surface area (Å²) in [4.78, 5) is 35.8. The number of carbonyl (C=O) groups excluding carboxylic acids is 2. The van der Waals surface area contributed by atoms with Crippen LogP contribution in [-0.4, -0.2) is 47.4 Å². The molecular formula is C14H17N3O4. The van der Waals surface area contributed by atoms with Crippen LogP contribution in [0.3, 0.4) is 0 Å². The van der Waals surface area contributed by atoms with Crippen LogP contribution in [0, 0.1) is 0 Å². The van der Waals surface area contributed by atoms with Gasteiger partial charge in [-0.2, -0.15) is 0 Å². The molecule has 0 radical (unpaired) electrons. The molecule has 0 atom stereocenters. The minimum atomic E-state index is -0.957. The normalized spacial score (nSPS) is 13.5. The zero-order valence-electron chi connectivity index (χ0n) is 11.5. The fourth-order valence-corrected chi connectivity index (χ4v) is 2.38. The highest BCUT2D eigenvalue weighted by Gasteiger charge is 2.24. The predicted octanol–water partition coefficient (Wildman–Crippen LogP) is -0.656. The average Bonchev–Trinajstić information content (AvgIpc) is 2.50. The Morgan fingerprint density at radius 3 is 2.76 bits per heavy atom. The van der Waals surface area contributed by atoms with Gasteiger partial charge in [-0.05, 0) is 23.6 Å². The van der Waals surface area contributed by atoms with E-state index in [1.165, 1.54) is 0 Å². The quantitative estimate of drug-likeness (QED) is 0.682. The van der Waals surface area contributed by atoms with E-state index in [4.69, 9.17) is 10.8 Å². The van der Waals surface area contributed by atoms with Gasteiger partial charge in [0.2, 0.25) is 11.8 Å². The Balaban J connectivity index is 2.06. The predicted molar refractivity (Wildman–Crippen MR) is 74.6 cm³/mol. The largest absolute Gasteiger partial charge is 0.478 e. The van der Waals surface area contributed by atoms with Gasteiger partial charge in [-0.3, -0.25) is 9.59 Å². The van der Waals surface area contributed by atoms with Gasteiger partial charge in [0.15, 0.2) is 0 Å². The summed E-state index contributed by atoms with van der Waals surface area (Å²) in [5.41, 5.74) is 7.05. The molecule has 2 rings (SSSR count). The second-order valence-electron chi connectivity index (χ2n) is 4.79. The first-order valence-corrected chi connectivity index (χ1v) is 6.61. The van der Waals surface area contributed by atoms with Crippen LogP contribution in [0.5, 0.6) is 0 Å². The lowest BCUT2D eigenvalue weighted by Crippen LogP contribution is -2.44. The van der Waals surface area contributed by atoms with Gasteiger partial charge in [0, 0.05) is 13.1 Å². The van der Waals surface area contributed by atoms with Gasteiger partial charge in [-0.25, -0.2) is 4.79 Å². The van der Waals surface area contributed by atoms with Crippen LogP contribution < -0.4 is 11.1 Å². The second kappa shape index (κ2) is 6.36. The Morgan fingerprint density at radius 1 is 1.33 bits per heavy atom. The Hall–Kier alpha value is -2.41. The van der Waals surface area contributed by atoms with Crippen molar-refractivity contribution in [3.63, 3.8) is 0 Å². The number of carboxylic acids is 1. The molecule has 0 saturated heterocycles. The fraction of sp³-hybridized carbons (Fsp3) is 0.357. The Bertz CT molecular complexity index is 586. The second-order valence-corrected chi connectivity index (χ2v) is 4.79. The molecule has 1 aliphatic heterocycles. The van der Waals surface area contributed by atoms with E-state index in [9.17, 15) is 14.4 Å². The van der Waals surface area contributed by atoms with Crippen molar-refractivity contribution >= 4 is 17.8 Å². The maximum Gasteiger partial charge on any atom is 0.335 e. The number of nitrogens with zero attached hydrogens (tertiary/aromatic N) is 1. The van der Waals surface area contributed by atoms with Crippen molar-refractivity contribution in [2.45, 2.75) is 13.0 Å². The van der Waals surface area contributed by atoms with Crippen LogP contribution in [0.4, 0.5) is 0 Å². The number of amides is 2. The summed E-state index contributed by atoms with van der Waals surface area (Å²) in [6.07, 6.45) is 0.494. The van der Waals surface area contributed by atoms with E-state index in [1.807, 2.05) is 6.07 Å². The smallest absolute Gasteiger partial charge is 0.335 e. The molecule has 4 N–H and O–H groups in total. The number of nitrogens with one attached hydrogen (secondary N) is 1. The number of benzene rings is 1. The first kappa shape index (κ1) is 15.0. The van der Waals surface area contributed by atoms with Gasteiger partial charge >= 0.3 is 5.97 Å². The number of hydrogen-bond acceptors (Lipinski definition) is 4. The summed E-state index contributed by atoms with van der Waals surface area (Å²) in [6, 6.07) is 5.06. The molecule has 1 aromatic carbocycles. The van der Waals surface area contributed by atoms with Crippen molar-refractivity contribution in [1.82, 2.24) is 10.2 Å². The topological polar surface area (TPSA) is 113 Å². The number of hydrogen-bond donors (Lipinski definition) is 3. The molecule has 1 heterocycles. The van der Waals surface area contributed by atoms with E-state index in [0.29, 0.717) is 19.5 Å². The molecule has 0 unspecified atom stereocenters. The van der Waals surface area contributed by atoms with Crippen LogP contribution in [0.2, 0.25) is 0 Å². The molecule has 0 bridgehead atoms. The summed E-state index contributed by atoms with van der Waals surface area (Å²) >= 11 is 0. The maximum atomic E-state index is 12.0. The zero-order valence-corrected chi connectivity index (χ0v) is 11.5. The van der Waals surface area contributed by atoms with Crippen LogP contribution in [-0.2, 0) is 22.6 Å². The third-order valence-corrected chi connectivity index (χ3v) is 3.47. The number of nitrogens with two attached hydrogens (primary N) is 1. The molecule has 1 aliphatic rings. The number of carbonyl (C=O) groups is 3. The summed E-state index contributed by atoms with van der Waals surface area (Å²) < 4.78 is 0. The fourth-order valence-electron chi connectivity index (χ4n) is 2.38. The van der Waals surface area contributed by atoms with E-state index >= 15 is 0 Å². The minimum absolute atomic E-state index is 0.0933. The summed E-state index contributed by atoms with van der Waals surface area (Å²) in [6.45, 7) is 0.546. The molecule has 0 fully saturated rings. The Morgan fingerprint density at radius 2 is 2.10 bits per heavy atom. The lowest BCUT2D eigenvalue weighted by atomic mass is 9.94. The number of carboxylic acid groups (broad SMARTS) is 1. The van der Waals surface area contributed by atoms with Crippen LogP contribution >= 0.6 is 0 Å². The van der Waals surface area contributed by atoms with Crippen LogP contribution in [0.15, 0.2) is 18.2 Å². The third-order valence-electron chi connectivity index (χ3n) is 3.47. The molecule has 0 aliphatic carbocycles. The van der Waals surface area contributed by atoms with Gasteiger partial charge in [-0.15, -0.1) is 0 Å². The van der Waals surface area contributed by atoms with Crippen LogP contribution in [0.1, 0.15) is 21.5 Å². The molecule has 2 amide bonds. The SMILES string of the molecule is NCC(=O)NCC(=O)N1CCc2c(cccc2C(=O)O)C1. The third kappa shape index (κ3) is 3.38. The van der Waals surface area contributed by atoms with Crippen molar-refractivity contribution in [3.05, 3.63) is 34.9 Å². The molecular weight excluding hydrogens is 274 g/mol. The monoisotopic (exact) mass is 291 g/mol. The molecule has 7 heteroatoms. The lowest BCUT2D eigenvalue weighted by Gasteiger charge is -2.29. The van der Waals surface area contributed by atoms with E-state index < -0.39 is 5.97 Å². The highest BCUT2D eigenvalue weighted by molar-refractivity contribution is 5.90. The Labute approximate surface area is 121 Å². The first-order valence-electron chi connectivity index (χ1n) is 6.61. The van der Waals surface area contributed by atoms with Crippen LogP contribution in [0.25, 0.3) is 0 Å². The van der Waals surface area contributed by atoms with Gasteiger partial charge in [0.05, 0.1) is 18.7 Å². The van der Waals surface area contributed by atoms with Gasteiger partial charge in [-0.1, -0.05) is 12.1 Å². The molecule has 0 aromatic heterocycles. The van der Waals surface area contributed by atoms with Crippen molar-refractivity contribution in [3.8, 4) is 0 Å². The average molecular weight is 291 g/mol.